The van der Waals surface area contributed by atoms with Crippen molar-refractivity contribution < 1.29 is 23.8 Å². The van der Waals surface area contributed by atoms with Crippen LogP contribution in [0.1, 0.15) is 38.1 Å². The number of carbonyl (C=O) groups excluding carboxylic acids is 2. The van der Waals surface area contributed by atoms with Gasteiger partial charge in [0.1, 0.15) is 24.2 Å². The van der Waals surface area contributed by atoms with E-state index in [1.165, 1.54) is 0 Å². The molecule has 0 radical (unpaired) electrons. The van der Waals surface area contributed by atoms with Crippen molar-refractivity contribution in [2.45, 2.75) is 58.2 Å². The summed E-state index contributed by atoms with van der Waals surface area (Å²) < 4.78 is 18.0. The maximum atomic E-state index is 13.0. The number of nitrogens with two attached hydrogens (primary N) is 3. The van der Waals surface area contributed by atoms with Crippen LogP contribution < -0.4 is 27.5 Å². The van der Waals surface area contributed by atoms with E-state index in [9.17, 15) is 14.4 Å². The molecule has 0 saturated heterocycles. The maximum Gasteiger partial charge on any atom is 0.343 e. The molecule has 2 atom stereocenters. The number of aryl methyl sites for hydroxylation is 1. The van der Waals surface area contributed by atoms with Crippen LogP contribution in [0, 0.1) is 0 Å². The third kappa shape index (κ3) is 9.12. The van der Waals surface area contributed by atoms with E-state index in [0.717, 1.165) is 5.56 Å². The lowest BCUT2D eigenvalue weighted by Crippen LogP contribution is -2.38. The second kappa shape index (κ2) is 15.5. The van der Waals surface area contributed by atoms with Crippen molar-refractivity contribution in [3.8, 4) is 5.75 Å². The monoisotopic (exact) mass is 566 g/mol. The molecule has 12 nitrogen and oxygen atoms in total. The first kappa shape index (κ1) is 31.2. The zero-order chi connectivity index (χ0) is 29.8. The molecule has 1 heterocycles. The Morgan fingerprint density at radius 1 is 1.05 bits per heavy atom. The molecular weight excluding hydrogens is 528 g/mol. The molecule has 0 aliphatic heterocycles. The highest BCUT2D eigenvalue weighted by Crippen LogP contribution is 2.16. The molecule has 0 saturated carbocycles. The summed E-state index contributed by atoms with van der Waals surface area (Å²) in [6.07, 6.45) is 0.549. The van der Waals surface area contributed by atoms with Gasteiger partial charge in [-0.15, -0.1) is 0 Å². The lowest BCUT2D eigenvalue weighted by Gasteiger charge is -2.17. The first-order chi connectivity index (χ1) is 19.7. The summed E-state index contributed by atoms with van der Waals surface area (Å²) in [6, 6.07) is 13.4. The lowest BCUT2D eigenvalue weighted by atomic mass is 10.1. The van der Waals surface area contributed by atoms with Crippen molar-refractivity contribution in [2.24, 2.45) is 22.2 Å². The van der Waals surface area contributed by atoms with E-state index in [1.807, 2.05) is 25.1 Å². The maximum absolute atomic E-state index is 13.0. The van der Waals surface area contributed by atoms with Gasteiger partial charge in [-0.25, -0.2) is 14.6 Å². The standard InChI is InChI=1S/C29H38N6O6/c1-3-25-34-23-10-6-5-8-21(23)26(36)35(25)16-17-40-20-13-11-19(12-14-20)18-24(39-4-2)28(38)41-27(37)22(30)9-7-15-33-29(31)32/h5-6,8,10-14,22,24H,3-4,7,9,15-18,30H2,1-2H3,(H4,31,32,33)/t22-,24?/m0/s1. The number of nitrogens with zero attached hydrogens (tertiary/aromatic N) is 3. The Bertz CT molecular complexity index is 1400. The minimum atomic E-state index is -0.985. The Labute approximate surface area is 238 Å². The summed E-state index contributed by atoms with van der Waals surface area (Å²) in [4.78, 5) is 46.3. The zero-order valence-electron chi connectivity index (χ0n) is 23.5. The number of carbonyl (C=O) groups is 2. The number of rotatable bonds is 15. The Morgan fingerprint density at radius 3 is 2.46 bits per heavy atom. The summed E-state index contributed by atoms with van der Waals surface area (Å²) in [5.41, 5.74) is 17.7. The highest BCUT2D eigenvalue weighted by molar-refractivity contribution is 5.90. The molecule has 0 fully saturated rings. The normalized spacial score (nSPS) is 12.5. The van der Waals surface area contributed by atoms with Gasteiger partial charge in [0, 0.05) is 26.0 Å². The van der Waals surface area contributed by atoms with Gasteiger partial charge in [0.05, 0.1) is 17.4 Å². The van der Waals surface area contributed by atoms with E-state index in [4.69, 9.17) is 31.4 Å². The minimum absolute atomic E-state index is 0.0450. The van der Waals surface area contributed by atoms with Gasteiger partial charge in [-0.3, -0.25) is 14.4 Å². The van der Waals surface area contributed by atoms with E-state index in [0.29, 0.717) is 48.4 Å². The smallest absolute Gasteiger partial charge is 0.343 e. The summed E-state index contributed by atoms with van der Waals surface area (Å²) in [6.45, 7) is 4.90. The molecule has 3 rings (SSSR count). The number of ether oxygens (including phenoxy) is 3. The topological polar surface area (TPSA) is 187 Å². The van der Waals surface area contributed by atoms with E-state index < -0.39 is 24.1 Å². The number of guanidine groups is 1. The second-order valence-electron chi connectivity index (χ2n) is 9.29. The van der Waals surface area contributed by atoms with Crippen molar-refractivity contribution in [1.82, 2.24) is 9.55 Å². The molecule has 0 aliphatic rings. The average Bonchev–Trinajstić information content (AvgIpc) is 2.96. The van der Waals surface area contributed by atoms with E-state index in [-0.39, 0.29) is 37.6 Å². The molecule has 41 heavy (non-hydrogen) atoms. The highest BCUT2D eigenvalue weighted by Gasteiger charge is 2.26. The van der Waals surface area contributed by atoms with Crippen LogP contribution in [0.5, 0.6) is 5.75 Å². The fourth-order valence-corrected chi connectivity index (χ4v) is 4.19. The summed E-state index contributed by atoms with van der Waals surface area (Å²) >= 11 is 0. The third-order valence-corrected chi connectivity index (χ3v) is 6.29. The van der Waals surface area contributed by atoms with Crippen LogP contribution in [0.15, 0.2) is 58.3 Å². The molecule has 6 N–H and O–H groups in total. The van der Waals surface area contributed by atoms with E-state index >= 15 is 0 Å². The molecule has 0 spiro atoms. The largest absolute Gasteiger partial charge is 0.492 e. The van der Waals surface area contributed by atoms with Crippen LogP contribution in [0.2, 0.25) is 0 Å². The van der Waals surface area contributed by atoms with Gasteiger partial charge in [0.2, 0.25) is 0 Å². The molecule has 12 heteroatoms. The number of hydrogen-bond donors (Lipinski definition) is 3. The number of benzene rings is 2. The van der Waals surface area contributed by atoms with Crippen LogP contribution in [-0.4, -0.2) is 59.4 Å². The van der Waals surface area contributed by atoms with Gasteiger partial charge < -0.3 is 31.4 Å². The average molecular weight is 567 g/mol. The molecule has 3 aromatic rings. The predicted molar refractivity (Wildman–Crippen MR) is 155 cm³/mol. The number of fused-ring (bicyclic) bond motifs is 1. The van der Waals surface area contributed by atoms with Crippen LogP contribution in [0.25, 0.3) is 10.9 Å². The molecular formula is C29H38N6O6. The van der Waals surface area contributed by atoms with E-state index in [2.05, 4.69) is 9.98 Å². The Morgan fingerprint density at radius 2 is 1.78 bits per heavy atom. The van der Waals surface area contributed by atoms with Crippen LogP contribution in [0.3, 0.4) is 0 Å². The molecule has 1 aromatic heterocycles. The predicted octanol–water partition coefficient (Wildman–Crippen LogP) is 1.44. The molecule has 0 amide bonds. The van der Waals surface area contributed by atoms with Gasteiger partial charge in [-0.05, 0) is 49.6 Å². The first-order valence-electron chi connectivity index (χ1n) is 13.6. The SMILES string of the molecule is CCOC(Cc1ccc(OCCn2c(CC)nc3ccccc3c2=O)cc1)C(=O)OC(=O)[C@@H](N)CCCN=C(N)N. The van der Waals surface area contributed by atoms with Crippen molar-refractivity contribution in [3.63, 3.8) is 0 Å². The van der Waals surface area contributed by atoms with Crippen molar-refractivity contribution >= 4 is 28.8 Å². The number of aliphatic imine (C=N–C) groups is 1. The Balaban J connectivity index is 1.54. The number of para-hydroxylation sites is 1. The summed E-state index contributed by atoms with van der Waals surface area (Å²) in [5, 5.41) is 0.572. The van der Waals surface area contributed by atoms with Crippen LogP contribution >= 0.6 is 0 Å². The summed E-state index contributed by atoms with van der Waals surface area (Å²) in [7, 11) is 0. The molecule has 0 aliphatic carbocycles. The number of aromatic nitrogens is 2. The molecule has 1 unspecified atom stereocenters. The third-order valence-electron chi connectivity index (χ3n) is 6.29. The zero-order valence-corrected chi connectivity index (χ0v) is 23.5. The Kier molecular flexibility index (Phi) is 11.8. The summed E-state index contributed by atoms with van der Waals surface area (Å²) in [5.74, 6) is -0.382. The van der Waals surface area contributed by atoms with Gasteiger partial charge >= 0.3 is 11.9 Å². The highest BCUT2D eigenvalue weighted by atomic mass is 16.6. The lowest BCUT2D eigenvalue weighted by molar-refractivity contribution is -0.169. The Hall–Kier alpha value is -4.29. The molecule has 220 valence electrons. The fourth-order valence-electron chi connectivity index (χ4n) is 4.19. The van der Waals surface area contributed by atoms with Crippen LogP contribution in [0.4, 0.5) is 0 Å². The molecule has 0 bridgehead atoms. The fraction of sp³-hybridized carbons (Fsp3) is 0.414. The van der Waals surface area contributed by atoms with Gasteiger partial charge in [-0.1, -0.05) is 31.2 Å². The van der Waals surface area contributed by atoms with Gasteiger partial charge in [0.15, 0.2) is 12.1 Å². The van der Waals surface area contributed by atoms with Crippen molar-refractivity contribution in [1.29, 1.82) is 0 Å². The second-order valence-corrected chi connectivity index (χ2v) is 9.29. The number of hydrogen-bond acceptors (Lipinski definition) is 9. The quantitative estimate of drug-likeness (QED) is 0.0798. The van der Waals surface area contributed by atoms with Gasteiger partial charge in [0.25, 0.3) is 5.56 Å². The van der Waals surface area contributed by atoms with Crippen molar-refractivity contribution in [2.75, 3.05) is 19.8 Å². The minimum Gasteiger partial charge on any atom is -0.492 e. The van der Waals surface area contributed by atoms with Crippen molar-refractivity contribution in [3.05, 3.63) is 70.3 Å². The molecule has 2 aromatic carbocycles. The first-order valence-corrected chi connectivity index (χ1v) is 13.6. The number of esters is 2. The van der Waals surface area contributed by atoms with E-state index in [1.54, 1.807) is 41.8 Å². The van der Waals surface area contributed by atoms with Gasteiger partial charge in [-0.2, -0.15) is 0 Å². The van der Waals surface area contributed by atoms with Crippen LogP contribution in [-0.2, 0) is 38.4 Å².